The molecule has 3 aromatic rings. The highest BCUT2D eigenvalue weighted by Crippen LogP contribution is 2.27. The van der Waals surface area contributed by atoms with Gasteiger partial charge in [-0.3, -0.25) is 9.36 Å². The lowest BCUT2D eigenvalue weighted by molar-refractivity contribution is -0.127. The number of nitrogens with zero attached hydrogens (tertiary/aromatic N) is 4. The number of halogens is 1. The quantitative estimate of drug-likeness (QED) is 0.488. The van der Waals surface area contributed by atoms with Crippen molar-refractivity contribution in [1.29, 1.82) is 0 Å². The van der Waals surface area contributed by atoms with Gasteiger partial charge in [-0.1, -0.05) is 17.8 Å². The number of hydrogen-bond acceptors (Lipinski definition) is 6. The third-order valence-electron chi connectivity index (χ3n) is 4.95. The number of aromatic nitrogens is 3. The molecule has 1 amide bonds. The molecule has 1 aliphatic rings. The van der Waals surface area contributed by atoms with Gasteiger partial charge in [-0.25, -0.2) is 4.39 Å². The van der Waals surface area contributed by atoms with Gasteiger partial charge in [-0.2, -0.15) is 0 Å². The Balaban J connectivity index is 1.48. The van der Waals surface area contributed by atoms with E-state index < -0.39 is 0 Å². The molecule has 1 fully saturated rings. The van der Waals surface area contributed by atoms with E-state index in [1.807, 2.05) is 29.1 Å². The highest BCUT2D eigenvalue weighted by molar-refractivity contribution is 7.99. The van der Waals surface area contributed by atoms with Crippen LogP contribution in [0.25, 0.3) is 11.4 Å². The van der Waals surface area contributed by atoms with Crippen LogP contribution in [0.1, 0.15) is 17.7 Å². The van der Waals surface area contributed by atoms with Crippen molar-refractivity contribution in [3.05, 3.63) is 52.5 Å². The van der Waals surface area contributed by atoms with Gasteiger partial charge in [0, 0.05) is 24.1 Å². The van der Waals surface area contributed by atoms with E-state index in [2.05, 4.69) is 10.2 Å². The molecule has 0 spiro atoms. The van der Waals surface area contributed by atoms with E-state index in [1.54, 1.807) is 28.4 Å². The summed E-state index contributed by atoms with van der Waals surface area (Å²) in [6.45, 7) is 1.97. The Kier molecular flexibility index (Phi) is 6.81. The van der Waals surface area contributed by atoms with Gasteiger partial charge in [-0.15, -0.1) is 21.5 Å². The lowest BCUT2D eigenvalue weighted by Crippen LogP contribution is -2.27. The van der Waals surface area contributed by atoms with Crippen LogP contribution in [0.2, 0.25) is 0 Å². The van der Waals surface area contributed by atoms with Gasteiger partial charge in [0.25, 0.3) is 0 Å². The zero-order chi connectivity index (χ0) is 20.9. The van der Waals surface area contributed by atoms with Gasteiger partial charge in [0.1, 0.15) is 5.82 Å². The number of benzene rings is 1. The minimum absolute atomic E-state index is 0.0309. The van der Waals surface area contributed by atoms with E-state index in [0.29, 0.717) is 24.1 Å². The van der Waals surface area contributed by atoms with Crippen molar-refractivity contribution >= 4 is 29.0 Å². The molecule has 9 heteroatoms. The predicted octanol–water partition coefficient (Wildman–Crippen LogP) is 4.08. The van der Waals surface area contributed by atoms with E-state index in [-0.39, 0.29) is 23.6 Å². The maximum Gasteiger partial charge on any atom is 0.233 e. The standard InChI is InChI=1S/C21H23FN4O2S2/c1-25(13-18-5-3-11-29-18)19(27)14-30-21-24-23-20(15-6-8-16(22)9-7-15)26(21)12-17-4-2-10-28-17/h3,5-9,11,17H,2,4,10,12-14H2,1H3. The molecule has 1 unspecified atom stereocenters. The Bertz CT molecular complexity index is 970. The first-order chi connectivity index (χ1) is 14.6. The fourth-order valence-corrected chi connectivity index (χ4v) is 4.97. The lowest BCUT2D eigenvalue weighted by Gasteiger charge is -2.17. The highest BCUT2D eigenvalue weighted by atomic mass is 32.2. The summed E-state index contributed by atoms with van der Waals surface area (Å²) >= 11 is 3.01. The molecule has 1 aliphatic heterocycles. The number of thioether (sulfide) groups is 1. The number of carbonyl (C=O) groups is 1. The summed E-state index contributed by atoms with van der Waals surface area (Å²) in [4.78, 5) is 15.5. The average Bonchev–Trinajstić information content (AvgIpc) is 3.50. The molecule has 0 radical (unpaired) electrons. The minimum atomic E-state index is -0.294. The van der Waals surface area contributed by atoms with Crippen molar-refractivity contribution < 1.29 is 13.9 Å². The van der Waals surface area contributed by atoms with Crippen molar-refractivity contribution in [1.82, 2.24) is 19.7 Å². The van der Waals surface area contributed by atoms with Crippen molar-refractivity contribution in [2.45, 2.75) is 37.2 Å². The van der Waals surface area contributed by atoms with Crippen LogP contribution in [0.5, 0.6) is 0 Å². The molecule has 4 rings (SSSR count). The van der Waals surface area contributed by atoms with E-state index in [1.165, 1.54) is 23.9 Å². The highest BCUT2D eigenvalue weighted by Gasteiger charge is 2.22. The molecule has 3 heterocycles. The van der Waals surface area contributed by atoms with Gasteiger partial charge in [0.05, 0.1) is 24.9 Å². The number of hydrogen-bond donors (Lipinski definition) is 0. The molecule has 158 valence electrons. The Morgan fingerprint density at radius 2 is 2.17 bits per heavy atom. The van der Waals surface area contributed by atoms with Crippen LogP contribution >= 0.6 is 23.1 Å². The fourth-order valence-electron chi connectivity index (χ4n) is 3.33. The molecule has 1 atom stereocenters. The van der Waals surface area contributed by atoms with Gasteiger partial charge in [-0.05, 0) is 48.6 Å². The molecule has 0 saturated carbocycles. The smallest absolute Gasteiger partial charge is 0.233 e. The summed E-state index contributed by atoms with van der Waals surface area (Å²) in [7, 11) is 1.81. The van der Waals surface area contributed by atoms with Crippen molar-refractivity contribution in [3.8, 4) is 11.4 Å². The Morgan fingerprint density at radius 3 is 2.87 bits per heavy atom. The number of rotatable bonds is 8. The third kappa shape index (κ3) is 5.08. The third-order valence-corrected chi connectivity index (χ3v) is 6.77. The first kappa shape index (κ1) is 21.0. The SMILES string of the molecule is CN(Cc1cccs1)C(=O)CSc1nnc(-c2ccc(F)cc2)n1CC1CCCO1. The minimum Gasteiger partial charge on any atom is -0.376 e. The van der Waals surface area contributed by atoms with E-state index in [9.17, 15) is 9.18 Å². The van der Waals surface area contributed by atoms with E-state index in [4.69, 9.17) is 4.74 Å². The molecule has 1 saturated heterocycles. The molecular weight excluding hydrogens is 423 g/mol. The molecule has 0 N–H and O–H groups in total. The Labute approximate surface area is 183 Å². The van der Waals surface area contributed by atoms with E-state index >= 15 is 0 Å². The summed E-state index contributed by atoms with van der Waals surface area (Å²) in [6.07, 6.45) is 2.11. The number of amides is 1. The predicted molar refractivity (Wildman–Crippen MR) is 116 cm³/mol. The van der Waals surface area contributed by atoms with Crippen molar-refractivity contribution in [2.75, 3.05) is 19.4 Å². The molecule has 6 nitrogen and oxygen atoms in total. The largest absolute Gasteiger partial charge is 0.376 e. The van der Waals surface area contributed by atoms with Crippen LogP contribution in [0.15, 0.2) is 46.9 Å². The zero-order valence-corrected chi connectivity index (χ0v) is 18.3. The molecular formula is C21H23FN4O2S2. The molecule has 0 aliphatic carbocycles. The molecule has 2 aromatic heterocycles. The lowest BCUT2D eigenvalue weighted by atomic mass is 10.2. The first-order valence-electron chi connectivity index (χ1n) is 9.80. The summed E-state index contributed by atoms with van der Waals surface area (Å²) in [6, 6.07) is 10.2. The van der Waals surface area contributed by atoms with Crippen LogP contribution in [0.4, 0.5) is 4.39 Å². The van der Waals surface area contributed by atoms with E-state index in [0.717, 1.165) is 29.9 Å². The first-order valence-corrected chi connectivity index (χ1v) is 11.7. The van der Waals surface area contributed by atoms with Gasteiger partial charge < -0.3 is 9.64 Å². The van der Waals surface area contributed by atoms with Gasteiger partial charge >= 0.3 is 0 Å². The Morgan fingerprint density at radius 1 is 1.33 bits per heavy atom. The maximum absolute atomic E-state index is 13.3. The Hall–Kier alpha value is -2.23. The van der Waals surface area contributed by atoms with Crippen LogP contribution in [-0.2, 0) is 22.6 Å². The van der Waals surface area contributed by atoms with Crippen LogP contribution in [-0.4, -0.2) is 51.1 Å². The van der Waals surface area contributed by atoms with Gasteiger partial charge in [0.2, 0.25) is 5.91 Å². The van der Waals surface area contributed by atoms with Crippen molar-refractivity contribution in [2.24, 2.45) is 0 Å². The normalized spacial score (nSPS) is 16.1. The summed E-state index contributed by atoms with van der Waals surface area (Å²) in [5.41, 5.74) is 0.787. The summed E-state index contributed by atoms with van der Waals surface area (Å²) in [5, 5.41) is 11.3. The van der Waals surface area contributed by atoms with Crippen LogP contribution in [0, 0.1) is 5.82 Å². The molecule has 1 aromatic carbocycles. The zero-order valence-electron chi connectivity index (χ0n) is 16.7. The molecule has 0 bridgehead atoms. The van der Waals surface area contributed by atoms with Crippen molar-refractivity contribution in [3.63, 3.8) is 0 Å². The topological polar surface area (TPSA) is 60.2 Å². The maximum atomic E-state index is 13.3. The monoisotopic (exact) mass is 446 g/mol. The second-order valence-corrected chi connectivity index (χ2v) is 9.15. The molecule has 30 heavy (non-hydrogen) atoms. The number of ether oxygens (including phenoxy) is 1. The second kappa shape index (κ2) is 9.72. The van der Waals surface area contributed by atoms with Gasteiger partial charge in [0.15, 0.2) is 11.0 Å². The van der Waals surface area contributed by atoms with Crippen LogP contribution in [0.3, 0.4) is 0 Å². The summed E-state index contributed by atoms with van der Waals surface area (Å²) < 4.78 is 21.1. The summed E-state index contributed by atoms with van der Waals surface area (Å²) in [5.74, 6) is 0.670. The second-order valence-electron chi connectivity index (χ2n) is 7.18. The number of carbonyl (C=O) groups excluding carboxylic acids is 1. The van der Waals surface area contributed by atoms with Crippen LogP contribution < -0.4 is 0 Å². The fraction of sp³-hybridized carbons (Fsp3) is 0.381. The number of thiophene rings is 1. The average molecular weight is 447 g/mol.